The minimum Gasteiger partial charge on any atom is -0.351 e. The number of urea groups is 1. The number of carbonyl (C=O) groups excluding carboxylic acids is 3. The van der Waals surface area contributed by atoms with Crippen molar-refractivity contribution in [3.63, 3.8) is 0 Å². The van der Waals surface area contributed by atoms with Crippen LogP contribution in [0.2, 0.25) is 0 Å². The van der Waals surface area contributed by atoms with E-state index in [-0.39, 0.29) is 33.7 Å². The van der Waals surface area contributed by atoms with Crippen LogP contribution in [0.1, 0.15) is 119 Å². The lowest BCUT2D eigenvalue weighted by molar-refractivity contribution is -0.154. The highest BCUT2D eigenvalue weighted by Gasteiger charge is 2.66. The van der Waals surface area contributed by atoms with E-state index in [9.17, 15) is 14.4 Å². The molecule has 0 unspecified atom stereocenters. The van der Waals surface area contributed by atoms with Crippen LogP contribution in [0.15, 0.2) is 0 Å². The first-order valence-electron chi connectivity index (χ1n) is 14.5. The maximum atomic E-state index is 11.7. The van der Waals surface area contributed by atoms with Gasteiger partial charge in [-0.05, 0) is 111 Å². The number of hydrogen-bond acceptors (Lipinski definition) is 5. The molecular formula is C29H52N6O3. The lowest BCUT2D eigenvalue weighted by Crippen LogP contribution is -2.74. The summed E-state index contributed by atoms with van der Waals surface area (Å²) in [7, 11) is 0. The lowest BCUT2D eigenvalue weighted by Gasteiger charge is -2.69. The Morgan fingerprint density at radius 3 is 1.18 bits per heavy atom. The van der Waals surface area contributed by atoms with Gasteiger partial charge in [0.05, 0.1) is 0 Å². The molecule has 9 heteroatoms. The molecule has 0 aromatic rings. The monoisotopic (exact) mass is 532 g/mol. The highest BCUT2D eigenvalue weighted by atomic mass is 16.2. The first-order valence-corrected chi connectivity index (χ1v) is 14.5. The molecule has 8 fully saturated rings. The Kier molecular flexibility index (Phi) is 7.39. The van der Waals surface area contributed by atoms with E-state index in [4.69, 9.17) is 0 Å². The van der Waals surface area contributed by atoms with Crippen LogP contribution in [-0.4, -0.2) is 28.9 Å². The summed E-state index contributed by atoms with van der Waals surface area (Å²) in [6.07, 6.45) is 15.6. The van der Waals surface area contributed by atoms with Crippen LogP contribution >= 0.6 is 0 Å². The molecule has 8 rings (SSSR count). The van der Waals surface area contributed by atoms with Crippen LogP contribution in [0.5, 0.6) is 0 Å². The van der Waals surface area contributed by atoms with Crippen LogP contribution in [0.3, 0.4) is 0 Å². The van der Waals surface area contributed by atoms with E-state index < -0.39 is 6.03 Å². The number of rotatable bonds is 2. The zero-order chi connectivity index (χ0) is 28.2. The van der Waals surface area contributed by atoms with Crippen LogP contribution < -0.4 is 33.2 Å². The molecular weight excluding hydrogens is 480 g/mol. The van der Waals surface area contributed by atoms with Crippen molar-refractivity contribution in [2.75, 3.05) is 0 Å². The standard InChI is InChI=1S/C16H26N2O2.C12H20.CH6N4O/c1-11(19)17-15-6-13(3)5-14(4,7-15)9-16(8-13,10-15)18-12(2)20;1-11-4-9-3-10(5-11)7-12(2,6-9)8-11;2-4-1(6)5-3/h5-10H2,1-4H3,(H,17,19)(H,18,20);9-10H,3-8H2,1-2H3;2-3H2,(H2,4,5,6). The van der Waals surface area contributed by atoms with Gasteiger partial charge in [-0.1, -0.05) is 27.7 Å². The Morgan fingerprint density at radius 1 is 0.579 bits per heavy atom. The van der Waals surface area contributed by atoms with Crippen molar-refractivity contribution in [3.05, 3.63) is 0 Å². The van der Waals surface area contributed by atoms with Gasteiger partial charge in [0, 0.05) is 24.9 Å². The molecule has 8 saturated carbocycles. The Morgan fingerprint density at radius 2 is 0.921 bits per heavy atom. The molecule has 0 spiro atoms. The quantitative estimate of drug-likeness (QED) is 0.182. The fourth-order valence-corrected chi connectivity index (χ4v) is 12.0. The van der Waals surface area contributed by atoms with Gasteiger partial charge in [-0.3, -0.25) is 20.4 Å². The van der Waals surface area contributed by atoms with Gasteiger partial charge in [0.1, 0.15) is 0 Å². The summed E-state index contributed by atoms with van der Waals surface area (Å²) in [6.45, 7) is 13.0. The first-order chi connectivity index (χ1) is 17.5. The van der Waals surface area contributed by atoms with Gasteiger partial charge in [0.2, 0.25) is 11.8 Å². The average molecular weight is 533 g/mol. The summed E-state index contributed by atoms with van der Waals surface area (Å²) in [5, 5.41) is 6.49. The second-order valence-corrected chi connectivity index (χ2v) is 15.8. The van der Waals surface area contributed by atoms with Crippen molar-refractivity contribution in [1.82, 2.24) is 21.5 Å². The summed E-state index contributed by atoms with van der Waals surface area (Å²) < 4.78 is 0. The molecule has 8 aliphatic rings. The molecule has 0 heterocycles. The molecule has 38 heavy (non-hydrogen) atoms. The Hall–Kier alpha value is -1.87. The fourth-order valence-electron chi connectivity index (χ4n) is 12.0. The molecule has 0 aromatic heterocycles. The van der Waals surface area contributed by atoms with Crippen molar-refractivity contribution < 1.29 is 14.4 Å². The third kappa shape index (κ3) is 6.14. The Bertz CT molecular complexity index is 870. The summed E-state index contributed by atoms with van der Waals surface area (Å²) in [4.78, 5) is 33.0. The van der Waals surface area contributed by atoms with Gasteiger partial charge in [0.25, 0.3) is 0 Å². The largest absolute Gasteiger partial charge is 0.351 e. The van der Waals surface area contributed by atoms with Crippen molar-refractivity contribution in [2.24, 2.45) is 45.2 Å². The minimum atomic E-state index is -0.602. The van der Waals surface area contributed by atoms with E-state index in [0.29, 0.717) is 0 Å². The highest BCUT2D eigenvalue weighted by Crippen LogP contribution is 2.68. The van der Waals surface area contributed by atoms with E-state index in [1.165, 1.54) is 12.8 Å². The van der Waals surface area contributed by atoms with Crippen LogP contribution in [0.4, 0.5) is 4.79 Å². The third-order valence-electron chi connectivity index (χ3n) is 10.4. The van der Waals surface area contributed by atoms with Gasteiger partial charge >= 0.3 is 6.03 Å². The highest BCUT2D eigenvalue weighted by molar-refractivity contribution is 5.75. The molecule has 0 radical (unpaired) electrons. The zero-order valence-electron chi connectivity index (χ0n) is 24.5. The van der Waals surface area contributed by atoms with E-state index in [1.807, 2.05) is 0 Å². The molecule has 0 atom stereocenters. The van der Waals surface area contributed by atoms with Crippen LogP contribution in [0.25, 0.3) is 0 Å². The normalized spacial score (nSPS) is 46.6. The summed E-state index contributed by atoms with van der Waals surface area (Å²) >= 11 is 0. The van der Waals surface area contributed by atoms with Crippen molar-refractivity contribution >= 4 is 17.8 Å². The van der Waals surface area contributed by atoms with E-state index in [0.717, 1.165) is 54.8 Å². The topological polar surface area (TPSA) is 151 Å². The number of nitrogens with two attached hydrogens (primary N) is 2. The molecule has 9 nitrogen and oxygen atoms in total. The minimum absolute atomic E-state index is 0.0529. The van der Waals surface area contributed by atoms with Gasteiger partial charge in [0.15, 0.2) is 0 Å². The predicted octanol–water partition coefficient (Wildman–Crippen LogP) is 3.78. The van der Waals surface area contributed by atoms with E-state index >= 15 is 0 Å². The molecule has 0 aliphatic heterocycles. The fraction of sp³-hybridized carbons (Fsp3) is 0.897. The maximum Gasteiger partial charge on any atom is 0.343 e. The smallest absolute Gasteiger partial charge is 0.343 e. The second kappa shape index (κ2) is 9.65. The Balaban J connectivity index is 0.000000157. The summed E-state index contributed by atoms with van der Waals surface area (Å²) in [6, 6.07) is -0.602. The molecule has 0 saturated heterocycles. The Labute approximate surface area is 228 Å². The SMILES string of the molecule is CC(=O)NC12CC3(C)CC(C)(C1)CC(NC(C)=O)(C3)C2.CC12CC3CC(C1)CC(C)(C3)C2.NNC(=O)NN. The second-order valence-electron chi connectivity index (χ2n) is 15.8. The predicted molar refractivity (Wildman–Crippen MR) is 148 cm³/mol. The average Bonchev–Trinajstić information content (AvgIpc) is 2.66. The first kappa shape index (κ1) is 29.1. The number of nitrogens with one attached hydrogen (secondary N) is 4. The van der Waals surface area contributed by atoms with Gasteiger partial charge in [-0.2, -0.15) is 0 Å². The maximum absolute atomic E-state index is 11.7. The van der Waals surface area contributed by atoms with Gasteiger partial charge in [-0.25, -0.2) is 16.5 Å². The number of carbonyl (C=O) groups is 3. The molecule has 8 N–H and O–H groups in total. The molecule has 0 aromatic carbocycles. The third-order valence-corrected chi connectivity index (χ3v) is 10.4. The zero-order valence-corrected chi connectivity index (χ0v) is 24.5. The van der Waals surface area contributed by atoms with E-state index in [2.05, 4.69) is 50.0 Å². The summed E-state index contributed by atoms with van der Waals surface area (Å²) in [5.74, 6) is 11.4. The number of amides is 4. The van der Waals surface area contributed by atoms with Gasteiger partial charge in [-0.15, -0.1) is 0 Å². The van der Waals surface area contributed by atoms with Crippen molar-refractivity contribution in [3.8, 4) is 0 Å². The molecule has 8 bridgehead atoms. The number of hydrogen-bond donors (Lipinski definition) is 6. The molecule has 216 valence electrons. The molecule has 8 aliphatic carbocycles. The van der Waals surface area contributed by atoms with Crippen molar-refractivity contribution in [1.29, 1.82) is 0 Å². The lowest BCUT2D eigenvalue weighted by atomic mass is 9.40. The van der Waals surface area contributed by atoms with Crippen molar-refractivity contribution in [2.45, 2.75) is 130 Å². The van der Waals surface area contributed by atoms with E-state index in [1.54, 1.807) is 56.8 Å². The summed E-state index contributed by atoms with van der Waals surface area (Å²) in [5.41, 5.74) is 5.23. The van der Waals surface area contributed by atoms with Crippen LogP contribution in [-0.2, 0) is 9.59 Å². The van der Waals surface area contributed by atoms with Gasteiger partial charge < -0.3 is 10.6 Å². The molecule has 4 amide bonds. The number of hydrazine groups is 2. The van der Waals surface area contributed by atoms with Crippen LogP contribution in [0, 0.1) is 33.5 Å².